The summed E-state index contributed by atoms with van der Waals surface area (Å²) in [6, 6.07) is 8.33. The third kappa shape index (κ3) is 3.27. The van der Waals surface area contributed by atoms with Gasteiger partial charge in [-0.3, -0.25) is 0 Å². The summed E-state index contributed by atoms with van der Waals surface area (Å²) in [5.41, 5.74) is 4.02. The molecular weight excluding hydrogens is 312 g/mol. The Bertz CT molecular complexity index is 802. The minimum absolute atomic E-state index is 0.535. The van der Waals surface area contributed by atoms with Crippen molar-refractivity contribution >= 4 is 11.6 Å². The summed E-state index contributed by atoms with van der Waals surface area (Å²) >= 11 is 0. The second-order valence-electron chi connectivity index (χ2n) is 6.99. The highest BCUT2D eigenvalue weighted by Gasteiger charge is 2.28. The third-order valence-corrected chi connectivity index (χ3v) is 5.04. The molecule has 1 aliphatic carbocycles. The van der Waals surface area contributed by atoms with E-state index in [2.05, 4.69) is 26.5 Å². The fourth-order valence-corrected chi connectivity index (χ4v) is 3.54. The largest absolute Gasteiger partial charge is 0.369 e. The van der Waals surface area contributed by atoms with Crippen molar-refractivity contribution < 1.29 is 0 Å². The topological polar surface area (TPSA) is 77.7 Å². The third-order valence-electron chi connectivity index (χ3n) is 5.04. The van der Waals surface area contributed by atoms with Crippen molar-refractivity contribution in [1.82, 2.24) is 15.2 Å². The number of nitriles is 1. The van der Waals surface area contributed by atoms with Crippen molar-refractivity contribution in [1.29, 1.82) is 5.26 Å². The fourth-order valence-electron chi connectivity index (χ4n) is 3.54. The van der Waals surface area contributed by atoms with E-state index in [1.54, 1.807) is 0 Å². The molecule has 1 fully saturated rings. The highest BCUT2D eigenvalue weighted by Crippen LogP contribution is 2.26. The molecule has 6 nitrogen and oxygen atoms in total. The van der Waals surface area contributed by atoms with Crippen LogP contribution in [0.4, 0.5) is 11.6 Å². The number of pyridine rings is 1. The highest BCUT2D eigenvalue weighted by atomic mass is 15.3. The first-order chi connectivity index (χ1) is 12.2. The first-order valence-corrected chi connectivity index (χ1v) is 8.95. The zero-order valence-corrected chi connectivity index (χ0v) is 14.5. The zero-order valence-electron chi connectivity index (χ0n) is 14.5. The summed E-state index contributed by atoms with van der Waals surface area (Å²) < 4.78 is 0. The van der Waals surface area contributed by atoms with Gasteiger partial charge in [-0.15, -0.1) is 5.10 Å². The van der Waals surface area contributed by atoms with E-state index in [0.717, 1.165) is 55.5 Å². The molecule has 0 bridgehead atoms. The van der Waals surface area contributed by atoms with Gasteiger partial charge in [0.2, 0.25) is 0 Å². The van der Waals surface area contributed by atoms with Gasteiger partial charge < -0.3 is 10.2 Å². The molecule has 0 aromatic carbocycles. The SMILES string of the molecule is Cc1ccc(N2CC(CNc3nc4c(cc3C#N)CCCC4)C2)nn1. The fraction of sp³-hybridized carbons (Fsp3) is 0.474. The maximum atomic E-state index is 9.42. The molecule has 2 aromatic rings. The van der Waals surface area contributed by atoms with Crippen LogP contribution in [0.25, 0.3) is 0 Å². The molecular formula is C19H22N6. The second kappa shape index (κ2) is 6.67. The summed E-state index contributed by atoms with van der Waals surface area (Å²) in [6.45, 7) is 4.68. The van der Waals surface area contributed by atoms with Crippen molar-refractivity contribution in [3.8, 4) is 6.07 Å². The molecule has 128 valence electrons. The molecule has 0 atom stereocenters. The first-order valence-electron chi connectivity index (χ1n) is 8.95. The van der Waals surface area contributed by atoms with Crippen LogP contribution in [0, 0.1) is 24.2 Å². The molecule has 0 unspecified atom stereocenters. The van der Waals surface area contributed by atoms with Crippen molar-refractivity contribution in [2.75, 3.05) is 29.9 Å². The molecule has 1 saturated heterocycles. The number of rotatable bonds is 4. The van der Waals surface area contributed by atoms with Crippen LogP contribution in [0.1, 0.15) is 35.4 Å². The number of aryl methyl sites for hydroxylation is 3. The lowest BCUT2D eigenvalue weighted by Crippen LogP contribution is -2.50. The van der Waals surface area contributed by atoms with Gasteiger partial charge in [-0.25, -0.2) is 4.98 Å². The molecule has 3 heterocycles. The van der Waals surface area contributed by atoms with Crippen LogP contribution >= 0.6 is 0 Å². The van der Waals surface area contributed by atoms with Gasteiger partial charge >= 0.3 is 0 Å². The van der Waals surface area contributed by atoms with E-state index < -0.39 is 0 Å². The van der Waals surface area contributed by atoms with E-state index in [9.17, 15) is 5.26 Å². The van der Waals surface area contributed by atoms with Gasteiger partial charge in [-0.1, -0.05) is 0 Å². The summed E-state index contributed by atoms with van der Waals surface area (Å²) in [7, 11) is 0. The van der Waals surface area contributed by atoms with Gasteiger partial charge in [0.05, 0.1) is 11.3 Å². The molecule has 0 spiro atoms. The number of fused-ring (bicyclic) bond motifs is 1. The number of hydrogen-bond acceptors (Lipinski definition) is 6. The van der Waals surface area contributed by atoms with Crippen molar-refractivity contribution in [3.63, 3.8) is 0 Å². The van der Waals surface area contributed by atoms with Crippen molar-refractivity contribution in [2.24, 2.45) is 5.92 Å². The van der Waals surface area contributed by atoms with Crippen LogP contribution in [0.15, 0.2) is 18.2 Å². The van der Waals surface area contributed by atoms with Gasteiger partial charge in [0.25, 0.3) is 0 Å². The molecule has 6 heteroatoms. The molecule has 0 amide bonds. The quantitative estimate of drug-likeness (QED) is 0.925. The second-order valence-corrected chi connectivity index (χ2v) is 6.99. The number of aromatic nitrogens is 3. The summed E-state index contributed by atoms with van der Waals surface area (Å²) in [5.74, 6) is 2.22. The molecule has 0 radical (unpaired) electrons. The Balaban J connectivity index is 1.36. The lowest BCUT2D eigenvalue weighted by molar-refractivity contribution is 0.425. The molecule has 2 aliphatic rings. The predicted molar refractivity (Wildman–Crippen MR) is 96.6 cm³/mol. The Morgan fingerprint density at radius 1 is 1.24 bits per heavy atom. The van der Waals surface area contributed by atoms with Crippen LogP contribution in [0.5, 0.6) is 0 Å². The first kappa shape index (κ1) is 15.8. The molecule has 1 aliphatic heterocycles. The predicted octanol–water partition coefficient (Wildman–Crippen LogP) is 2.48. The van der Waals surface area contributed by atoms with Crippen LogP contribution in [0.3, 0.4) is 0 Å². The molecule has 4 rings (SSSR count). The highest BCUT2D eigenvalue weighted by molar-refractivity contribution is 5.55. The van der Waals surface area contributed by atoms with E-state index in [-0.39, 0.29) is 0 Å². The average Bonchev–Trinajstić information content (AvgIpc) is 2.61. The van der Waals surface area contributed by atoms with Crippen molar-refractivity contribution in [2.45, 2.75) is 32.6 Å². The van der Waals surface area contributed by atoms with Gasteiger partial charge in [-0.2, -0.15) is 10.4 Å². The molecule has 1 N–H and O–H groups in total. The standard InChI is InChI=1S/C19H22N6/c1-13-6-7-18(24-23-13)25-11-14(12-25)10-21-19-16(9-20)8-15-4-2-3-5-17(15)22-19/h6-8,14H,2-5,10-12H2,1H3,(H,21,22). The average molecular weight is 334 g/mol. The Morgan fingerprint density at radius 2 is 2.08 bits per heavy atom. The van der Waals surface area contributed by atoms with Crippen molar-refractivity contribution in [3.05, 3.63) is 40.7 Å². The van der Waals surface area contributed by atoms with E-state index >= 15 is 0 Å². The van der Waals surface area contributed by atoms with Crippen LogP contribution < -0.4 is 10.2 Å². The number of hydrogen-bond donors (Lipinski definition) is 1. The monoisotopic (exact) mass is 334 g/mol. The summed E-state index contributed by atoms with van der Waals surface area (Å²) in [5, 5.41) is 21.2. The van der Waals surface area contributed by atoms with Crippen LogP contribution in [-0.4, -0.2) is 34.8 Å². The Labute approximate surface area is 147 Å². The summed E-state index contributed by atoms with van der Waals surface area (Å²) in [4.78, 5) is 6.96. The van der Waals surface area contributed by atoms with Crippen LogP contribution in [0.2, 0.25) is 0 Å². The normalized spacial score (nSPS) is 16.7. The zero-order chi connectivity index (χ0) is 17.2. The number of anilines is 2. The number of nitrogens with zero attached hydrogens (tertiary/aromatic N) is 5. The Hall–Kier alpha value is -2.68. The lowest BCUT2D eigenvalue weighted by atomic mass is 9.94. The van der Waals surface area contributed by atoms with Gasteiger partial charge in [0.15, 0.2) is 5.82 Å². The van der Waals surface area contributed by atoms with E-state index in [0.29, 0.717) is 11.5 Å². The number of nitrogens with one attached hydrogen (secondary N) is 1. The smallest absolute Gasteiger partial charge is 0.151 e. The Morgan fingerprint density at radius 3 is 2.84 bits per heavy atom. The van der Waals surface area contributed by atoms with Crippen LogP contribution in [-0.2, 0) is 12.8 Å². The van der Waals surface area contributed by atoms with Gasteiger partial charge in [0, 0.05) is 31.2 Å². The maximum Gasteiger partial charge on any atom is 0.151 e. The molecule has 25 heavy (non-hydrogen) atoms. The maximum absolute atomic E-state index is 9.42. The van der Waals surface area contributed by atoms with Gasteiger partial charge in [0.1, 0.15) is 11.9 Å². The van der Waals surface area contributed by atoms with E-state index in [1.807, 2.05) is 25.1 Å². The van der Waals surface area contributed by atoms with Gasteiger partial charge in [-0.05, 0) is 56.4 Å². The Kier molecular flexibility index (Phi) is 4.22. The van der Waals surface area contributed by atoms with E-state index in [4.69, 9.17) is 4.98 Å². The minimum Gasteiger partial charge on any atom is -0.369 e. The summed E-state index contributed by atoms with van der Waals surface area (Å²) in [6.07, 6.45) is 4.47. The lowest BCUT2D eigenvalue weighted by Gasteiger charge is -2.40. The molecule has 0 saturated carbocycles. The minimum atomic E-state index is 0.535. The molecule has 2 aromatic heterocycles. The van der Waals surface area contributed by atoms with E-state index in [1.165, 1.54) is 18.4 Å².